The molecule has 0 spiro atoms. The van der Waals surface area contributed by atoms with E-state index < -0.39 is 12.2 Å². The molecular weight excluding hydrogens is 470 g/mol. The molecule has 4 aromatic carbocycles. The number of hydrogen-bond acceptors (Lipinski definition) is 1. The van der Waals surface area contributed by atoms with Crippen LogP contribution in [0, 0.1) is 0 Å². The summed E-state index contributed by atoms with van der Waals surface area (Å²) in [5.41, 5.74) is 3.23. The van der Waals surface area contributed by atoms with Gasteiger partial charge in [0.1, 0.15) is 12.2 Å². The molecule has 0 saturated carbocycles. The molecule has 0 bridgehead atoms. The van der Waals surface area contributed by atoms with Crippen LogP contribution in [-0.2, 0) is 4.74 Å². The molecule has 156 valence electrons. The molecule has 0 aliphatic carbocycles. The van der Waals surface area contributed by atoms with Crippen molar-refractivity contribution in [3.63, 3.8) is 0 Å². The van der Waals surface area contributed by atoms with Gasteiger partial charge < -0.3 is 4.74 Å². The Bertz CT molecular complexity index is 1010. The fraction of sp³-hybridized carbons (Fsp3) is 0.0769. The molecule has 0 saturated heterocycles. The van der Waals surface area contributed by atoms with Crippen molar-refractivity contribution in [3.8, 4) is 0 Å². The highest BCUT2D eigenvalue weighted by Gasteiger charge is 2.28. The number of ether oxygens (including phenoxy) is 1. The maximum Gasteiger partial charge on any atom is 0.112 e. The van der Waals surface area contributed by atoms with Gasteiger partial charge >= 0.3 is 0 Å². The summed E-state index contributed by atoms with van der Waals surface area (Å²) in [6, 6.07) is 30.3. The first-order chi connectivity index (χ1) is 15.1. The van der Waals surface area contributed by atoms with Crippen molar-refractivity contribution in [2.75, 3.05) is 0 Å². The van der Waals surface area contributed by atoms with Gasteiger partial charge in [0.2, 0.25) is 0 Å². The molecule has 0 N–H and O–H groups in total. The highest BCUT2D eigenvalue weighted by atomic mass is 35.5. The Hall–Kier alpha value is -2.00. The van der Waals surface area contributed by atoms with Gasteiger partial charge in [-0.25, -0.2) is 0 Å². The lowest BCUT2D eigenvalue weighted by Gasteiger charge is -2.28. The maximum absolute atomic E-state index is 6.78. The van der Waals surface area contributed by atoms with Crippen LogP contribution in [0.3, 0.4) is 0 Å². The van der Waals surface area contributed by atoms with Crippen molar-refractivity contribution < 1.29 is 4.74 Å². The van der Waals surface area contributed by atoms with Crippen LogP contribution in [0.1, 0.15) is 34.5 Å². The first kappa shape index (κ1) is 22.2. The molecule has 0 atom stereocenters. The summed E-state index contributed by atoms with van der Waals surface area (Å²) in [6.45, 7) is 0. The number of halogens is 4. The van der Waals surface area contributed by atoms with Gasteiger partial charge in [-0.2, -0.15) is 0 Å². The van der Waals surface area contributed by atoms with E-state index in [0.29, 0.717) is 20.1 Å². The van der Waals surface area contributed by atoms with Crippen LogP contribution in [0.5, 0.6) is 0 Å². The van der Waals surface area contributed by atoms with Crippen LogP contribution in [0.25, 0.3) is 0 Å². The predicted octanol–water partition coefficient (Wildman–Crippen LogP) is 9.20. The Balaban J connectivity index is 1.89. The van der Waals surface area contributed by atoms with E-state index in [0.717, 1.165) is 22.3 Å². The molecule has 4 aromatic rings. The molecule has 1 nitrogen and oxygen atoms in total. The third-order valence-electron chi connectivity index (χ3n) is 5.02. The lowest BCUT2D eigenvalue weighted by Crippen LogP contribution is -2.15. The second kappa shape index (κ2) is 10.1. The molecular formula is C26H18Cl4O. The van der Waals surface area contributed by atoms with E-state index in [-0.39, 0.29) is 0 Å². The average Bonchev–Trinajstić information content (AvgIpc) is 2.78. The zero-order chi connectivity index (χ0) is 21.8. The summed E-state index contributed by atoms with van der Waals surface area (Å²) in [6.07, 6.45) is -1.08. The quantitative estimate of drug-likeness (QED) is 0.263. The number of rotatable bonds is 6. The molecule has 31 heavy (non-hydrogen) atoms. The number of benzene rings is 4. The Morgan fingerprint density at radius 1 is 0.387 bits per heavy atom. The van der Waals surface area contributed by atoms with E-state index in [4.69, 9.17) is 51.1 Å². The second-order valence-electron chi connectivity index (χ2n) is 6.98. The maximum atomic E-state index is 6.78. The third kappa shape index (κ3) is 4.92. The zero-order valence-corrected chi connectivity index (χ0v) is 19.3. The predicted molar refractivity (Wildman–Crippen MR) is 131 cm³/mol. The van der Waals surface area contributed by atoms with Gasteiger partial charge in [-0.1, -0.05) is 119 Å². The summed E-state index contributed by atoms with van der Waals surface area (Å²) in [5.74, 6) is 0. The normalized spacial score (nSPS) is 11.3. The minimum atomic E-state index is -0.542. The van der Waals surface area contributed by atoms with Crippen LogP contribution in [0.4, 0.5) is 0 Å². The standard InChI is InChI=1S/C26H18Cl4O/c27-21-13-5-1-9-17(21)25(18-10-2-6-14-22(18)28)31-26(19-11-3-7-15-23(19)29)20-12-4-8-16-24(20)30/h1-16,25-26H. The lowest BCUT2D eigenvalue weighted by atomic mass is 9.97. The fourth-order valence-electron chi connectivity index (χ4n) is 3.52. The highest BCUT2D eigenvalue weighted by Crippen LogP contribution is 2.43. The summed E-state index contributed by atoms with van der Waals surface area (Å²) < 4.78 is 6.78. The Morgan fingerprint density at radius 3 is 0.839 bits per heavy atom. The third-order valence-corrected chi connectivity index (χ3v) is 6.40. The molecule has 4 rings (SSSR count). The van der Waals surface area contributed by atoms with Crippen LogP contribution >= 0.6 is 46.4 Å². The van der Waals surface area contributed by atoms with Crippen LogP contribution in [0.2, 0.25) is 20.1 Å². The molecule has 0 heterocycles. The molecule has 0 aliphatic heterocycles. The van der Waals surface area contributed by atoms with Crippen LogP contribution in [0.15, 0.2) is 97.1 Å². The molecule has 0 aliphatic rings. The monoisotopic (exact) mass is 486 g/mol. The van der Waals surface area contributed by atoms with Gasteiger partial charge in [0.15, 0.2) is 0 Å². The summed E-state index contributed by atoms with van der Waals surface area (Å²) in [4.78, 5) is 0. The Kier molecular flexibility index (Phi) is 7.22. The van der Waals surface area contributed by atoms with E-state index >= 15 is 0 Å². The van der Waals surface area contributed by atoms with E-state index in [2.05, 4.69) is 0 Å². The van der Waals surface area contributed by atoms with E-state index in [1.54, 1.807) is 0 Å². The molecule has 5 heteroatoms. The largest absolute Gasteiger partial charge is 0.356 e. The molecule has 0 fully saturated rings. The Morgan fingerprint density at radius 2 is 0.613 bits per heavy atom. The van der Waals surface area contributed by atoms with E-state index in [1.807, 2.05) is 97.1 Å². The first-order valence-electron chi connectivity index (χ1n) is 9.69. The minimum absolute atomic E-state index is 0.542. The highest BCUT2D eigenvalue weighted by molar-refractivity contribution is 6.33. The molecule has 0 amide bonds. The van der Waals surface area contributed by atoms with Crippen LogP contribution < -0.4 is 0 Å². The topological polar surface area (TPSA) is 9.23 Å². The van der Waals surface area contributed by atoms with Crippen molar-refractivity contribution in [1.29, 1.82) is 0 Å². The van der Waals surface area contributed by atoms with Gasteiger partial charge in [-0.3, -0.25) is 0 Å². The molecule has 0 unspecified atom stereocenters. The Labute approximate surface area is 202 Å². The average molecular weight is 488 g/mol. The fourth-order valence-corrected chi connectivity index (χ4v) is 4.45. The van der Waals surface area contributed by atoms with Crippen molar-refractivity contribution in [2.24, 2.45) is 0 Å². The zero-order valence-electron chi connectivity index (χ0n) is 16.3. The van der Waals surface area contributed by atoms with Crippen LogP contribution in [-0.4, -0.2) is 0 Å². The van der Waals surface area contributed by atoms with Gasteiger partial charge in [0, 0.05) is 42.3 Å². The summed E-state index contributed by atoms with van der Waals surface area (Å²) in [7, 11) is 0. The first-order valence-corrected chi connectivity index (χ1v) is 11.2. The minimum Gasteiger partial charge on any atom is -0.356 e. The van der Waals surface area contributed by atoms with Crippen molar-refractivity contribution in [2.45, 2.75) is 12.2 Å². The van der Waals surface area contributed by atoms with Gasteiger partial charge in [-0.05, 0) is 24.3 Å². The van der Waals surface area contributed by atoms with Crippen molar-refractivity contribution >= 4 is 46.4 Å². The molecule has 0 radical (unpaired) electrons. The van der Waals surface area contributed by atoms with Crippen molar-refractivity contribution in [1.82, 2.24) is 0 Å². The second-order valence-corrected chi connectivity index (χ2v) is 8.61. The van der Waals surface area contributed by atoms with Gasteiger partial charge in [0.25, 0.3) is 0 Å². The number of hydrogen-bond donors (Lipinski definition) is 0. The van der Waals surface area contributed by atoms with Gasteiger partial charge in [0.05, 0.1) is 0 Å². The summed E-state index contributed by atoms with van der Waals surface area (Å²) >= 11 is 26.3. The van der Waals surface area contributed by atoms with E-state index in [9.17, 15) is 0 Å². The van der Waals surface area contributed by atoms with Gasteiger partial charge in [-0.15, -0.1) is 0 Å². The lowest BCUT2D eigenvalue weighted by molar-refractivity contribution is 0.0311. The van der Waals surface area contributed by atoms with Crippen molar-refractivity contribution in [3.05, 3.63) is 139 Å². The SMILES string of the molecule is Clc1ccccc1C(OC(c1ccccc1Cl)c1ccccc1Cl)c1ccccc1Cl. The smallest absolute Gasteiger partial charge is 0.112 e. The molecule has 0 aromatic heterocycles. The van der Waals surface area contributed by atoms with E-state index in [1.165, 1.54) is 0 Å². The summed E-state index contributed by atoms with van der Waals surface area (Å²) in [5, 5.41) is 2.35.